The molecule has 1 saturated heterocycles. The van der Waals surface area contributed by atoms with Crippen LogP contribution in [0.1, 0.15) is 33.6 Å². The predicted octanol–water partition coefficient (Wildman–Crippen LogP) is 2.19. The molecule has 1 fully saturated rings. The monoisotopic (exact) mass is 275 g/mol. The third-order valence-electron chi connectivity index (χ3n) is 2.60. The molecule has 86 valence electrons. The van der Waals surface area contributed by atoms with E-state index in [1.165, 1.54) is 4.90 Å². The van der Waals surface area contributed by atoms with Crippen molar-refractivity contribution in [1.29, 1.82) is 0 Å². The average Bonchev–Trinajstić information content (AvgIpc) is 2.11. The molecular weight excluding hydrogens is 258 g/mol. The van der Waals surface area contributed by atoms with Crippen LogP contribution in [0, 0.1) is 11.3 Å². The van der Waals surface area contributed by atoms with E-state index in [2.05, 4.69) is 15.9 Å². The van der Waals surface area contributed by atoms with E-state index in [0.29, 0.717) is 19.4 Å². The minimum absolute atomic E-state index is 0.0206. The summed E-state index contributed by atoms with van der Waals surface area (Å²) in [5.41, 5.74) is -0.0497. The lowest BCUT2D eigenvalue weighted by Gasteiger charge is -2.34. The van der Waals surface area contributed by atoms with Gasteiger partial charge in [0.15, 0.2) is 0 Å². The topological polar surface area (TPSA) is 37.4 Å². The SMILES string of the molecule is CC1CC(=O)N(CC(C)(C)CBr)C(=O)C1. The molecule has 1 rings (SSSR count). The van der Waals surface area contributed by atoms with Gasteiger partial charge < -0.3 is 0 Å². The van der Waals surface area contributed by atoms with Crippen LogP contribution in [-0.2, 0) is 9.59 Å². The van der Waals surface area contributed by atoms with Crippen molar-refractivity contribution in [3.05, 3.63) is 0 Å². The zero-order valence-electron chi connectivity index (χ0n) is 9.55. The third-order valence-corrected chi connectivity index (χ3v) is 4.11. The lowest BCUT2D eigenvalue weighted by molar-refractivity contribution is -0.151. The minimum Gasteiger partial charge on any atom is -0.282 e. The van der Waals surface area contributed by atoms with E-state index in [4.69, 9.17) is 0 Å². The molecule has 2 amide bonds. The molecule has 0 aromatic heterocycles. The van der Waals surface area contributed by atoms with Gasteiger partial charge in [0.2, 0.25) is 11.8 Å². The third kappa shape index (κ3) is 3.30. The van der Waals surface area contributed by atoms with Gasteiger partial charge in [-0.1, -0.05) is 36.7 Å². The first kappa shape index (κ1) is 12.7. The maximum atomic E-state index is 11.7. The normalized spacial score (nSPS) is 19.9. The van der Waals surface area contributed by atoms with Crippen LogP contribution in [0.2, 0.25) is 0 Å². The molecule has 1 aliphatic heterocycles. The van der Waals surface area contributed by atoms with Crippen molar-refractivity contribution in [3.8, 4) is 0 Å². The van der Waals surface area contributed by atoms with Gasteiger partial charge in [0.1, 0.15) is 0 Å². The number of halogens is 1. The molecule has 0 aliphatic carbocycles. The smallest absolute Gasteiger partial charge is 0.229 e. The van der Waals surface area contributed by atoms with Crippen molar-refractivity contribution >= 4 is 27.7 Å². The highest BCUT2D eigenvalue weighted by Gasteiger charge is 2.33. The molecule has 0 unspecified atom stereocenters. The second kappa shape index (κ2) is 4.64. The molecule has 0 spiro atoms. The highest BCUT2D eigenvalue weighted by Crippen LogP contribution is 2.25. The Bertz CT molecular complexity index is 258. The Hall–Kier alpha value is -0.380. The number of piperidine rings is 1. The summed E-state index contributed by atoms with van der Waals surface area (Å²) in [5.74, 6) is 0.161. The molecule has 0 aromatic carbocycles. The fourth-order valence-corrected chi connectivity index (χ4v) is 1.85. The number of carbonyl (C=O) groups is 2. The van der Waals surface area contributed by atoms with Gasteiger partial charge in [-0.2, -0.15) is 0 Å². The molecule has 1 aliphatic rings. The molecule has 3 nitrogen and oxygen atoms in total. The standard InChI is InChI=1S/C11H18BrNO2/c1-8-4-9(14)13(10(15)5-8)7-11(2,3)6-12/h8H,4-7H2,1-3H3. The molecule has 0 radical (unpaired) electrons. The average molecular weight is 276 g/mol. The van der Waals surface area contributed by atoms with E-state index in [1.54, 1.807) is 0 Å². The number of hydrogen-bond acceptors (Lipinski definition) is 2. The van der Waals surface area contributed by atoms with Crippen LogP contribution < -0.4 is 0 Å². The second-order valence-corrected chi connectivity index (χ2v) is 5.75. The van der Waals surface area contributed by atoms with Gasteiger partial charge in [-0.25, -0.2) is 0 Å². The van der Waals surface area contributed by atoms with Crippen LogP contribution in [0.15, 0.2) is 0 Å². The number of alkyl halides is 1. The van der Waals surface area contributed by atoms with Gasteiger partial charge in [-0.3, -0.25) is 14.5 Å². The van der Waals surface area contributed by atoms with Gasteiger partial charge >= 0.3 is 0 Å². The summed E-state index contributed by atoms with van der Waals surface area (Å²) in [6, 6.07) is 0. The Balaban J connectivity index is 2.69. The summed E-state index contributed by atoms with van der Waals surface area (Å²) in [4.78, 5) is 24.8. The van der Waals surface area contributed by atoms with Gasteiger partial charge in [-0.15, -0.1) is 0 Å². The van der Waals surface area contributed by atoms with E-state index in [-0.39, 0.29) is 23.1 Å². The van der Waals surface area contributed by atoms with Crippen LogP contribution >= 0.6 is 15.9 Å². The maximum absolute atomic E-state index is 11.7. The van der Waals surface area contributed by atoms with Crippen LogP contribution in [0.25, 0.3) is 0 Å². The Kier molecular flexibility index (Phi) is 3.93. The first-order chi connectivity index (χ1) is 6.85. The quantitative estimate of drug-likeness (QED) is 0.585. The molecule has 0 N–H and O–H groups in total. The lowest BCUT2D eigenvalue weighted by Crippen LogP contribution is -2.47. The second-order valence-electron chi connectivity index (χ2n) is 5.18. The first-order valence-electron chi connectivity index (χ1n) is 5.25. The highest BCUT2D eigenvalue weighted by molar-refractivity contribution is 9.09. The largest absolute Gasteiger partial charge is 0.282 e. The molecule has 0 aromatic rings. The predicted molar refractivity (Wildman–Crippen MR) is 62.7 cm³/mol. The first-order valence-corrected chi connectivity index (χ1v) is 6.37. The summed E-state index contributed by atoms with van der Waals surface area (Å²) >= 11 is 3.40. The van der Waals surface area contributed by atoms with E-state index in [0.717, 1.165) is 5.33 Å². The molecule has 0 bridgehead atoms. The van der Waals surface area contributed by atoms with Gasteiger partial charge in [0.25, 0.3) is 0 Å². The Morgan fingerprint density at radius 3 is 2.20 bits per heavy atom. The zero-order chi connectivity index (χ0) is 11.6. The van der Waals surface area contributed by atoms with E-state index >= 15 is 0 Å². The highest BCUT2D eigenvalue weighted by atomic mass is 79.9. The van der Waals surface area contributed by atoms with Crippen molar-refractivity contribution in [2.75, 3.05) is 11.9 Å². The van der Waals surface area contributed by atoms with Crippen molar-refractivity contribution in [2.45, 2.75) is 33.6 Å². The van der Waals surface area contributed by atoms with Crippen molar-refractivity contribution in [2.24, 2.45) is 11.3 Å². The molecule has 1 heterocycles. The van der Waals surface area contributed by atoms with Crippen LogP contribution in [-0.4, -0.2) is 28.6 Å². The number of imide groups is 1. The number of hydrogen-bond donors (Lipinski definition) is 0. The van der Waals surface area contributed by atoms with Crippen molar-refractivity contribution < 1.29 is 9.59 Å². The molecule has 15 heavy (non-hydrogen) atoms. The summed E-state index contributed by atoms with van der Waals surface area (Å²) in [7, 11) is 0. The Labute approximate surface area is 99.3 Å². The summed E-state index contributed by atoms with van der Waals surface area (Å²) in [5, 5.41) is 0.784. The van der Waals surface area contributed by atoms with E-state index < -0.39 is 0 Å². The van der Waals surface area contributed by atoms with Gasteiger partial charge in [0, 0.05) is 24.7 Å². The van der Waals surface area contributed by atoms with Gasteiger partial charge in [0.05, 0.1) is 0 Å². The Morgan fingerprint density at radius 2 is 1.80 bits per heavy atom. The molecule has 0 saturated carbocycles. The number of carbonyl (C=O) groups excluding carboxylic acids is 2. The van der Waals surface area contributed by atoms with E-state index in [1.807, 2.05) is 20.8 Å². The van der Waals surface area contributed by atoms with Gasteiger partial charge in [-0.05, 0) is 11.3 Å². The zero-order valence-corrected chi connectivity index (χ0v) is 11.1. The number of amides is 2. The fourth-order valence-electron chi connectivity index (χ4n) is 1.67. The molecular formula is C11H18BrNO2. The number of rotatable bonds is 3. The van der Waals surface area contributed by atoms with Crippen molar-refractivity contribution in [3.63, 3.8) is 0 Å². The molecule has 4 heteroatoms. The fraction of sp³-hybridized carbons (Fsp3) is 0.818. The van der Waals surface area contributed by atoms with E-state index in [9.17, 15) is 9.59 Å². The summed E-state index contributed by atoms with van der Waals surface area (Å²) in [6.07, 6.45) is 1.01. The van der Waals surface area contributed by atoms with Crippen molar-refractivity contribution in [1.82, 2.24) is 4.90 Å². The maximum Gasteiger partial charge on any atom is 0.229 e. The van der Waals surface area contributed by atoms with Crippen LogP contribution in [0.5, 0.6) is 0 Å². The summed E-state index contributed by atoms with van der Waals surface area (Å²) < 4.78 is 0. The van der Waals surface area contributed by atoms with Crippen LogP contribution in [0.3, 0.4) is 0 Å². The Morgan fingerprint density at radius 1 is 1.33 bits per heavy atom. The number of nitrogens with zero attached hydrogens (tertiary/aromatic N) is 1. The molecule has 0 atom stereocenters. The van der Waals surface area contributed by atoms with Crippen LogP contribution in [0.4, 0.5) is 0 Å². The lowest BCUT2D eigenvalue weighted by atomic mass is 9.92. The number of likely N-dealkylation sites (tertiary alicyclic amines) is 1. The summed E-state index contributed by atoms with van der Waals surface area (Å²) in [6.45, 7) is 6.55. The minimum atomic E-state index is -0.0497.